The van der Waals surface area contributed by atoms with E-state index >= 15 is 0 Å². The maximum absolute atomic E-state index is 12.2. The minimum atomic E-state index is -0.0811. The summed E-state index contributed by atoms with van der Waals surface area (Å²) in [6.07, 6.45) is 3.22. The number of carbonyl (C=O) groups is 1. The first-order valence-corrected chi connectivity index (χ1v) is 7.83. The molecule has 0 spiro atoms. The normalized spacial score (nSPS) is 14.1. The Morgan fingerprint density at radius 3 is 2.20 bits per heavy atom. The third-order valence-electron chi connectivity index (χ3n) is 3.63. The molecule has 0 unspecified atom stereocenters. The van der Waals surface area contributed by atoms with Gasteiger partial charge in [-0.3, -0.25) is 4.79 Å². The summed E-state index contributed by atoms with van der Waals surface area (Å²) < 4.78 is 0. The molecule has 0 heterocycles. The second-order valence-corrected chi connectivity index (χ2v) is 6.26. The van der Waals surface area contributed by atoms with E-state index in [0.717, 1.165) is 24.8 Å². The molecule has 112 valence electrons. The van der Waals surface area contributed by atoms with Crippen molar-refractivity contribution >= 4 is 5.91 Å². The van der Waals surface area contributed by atoms with Crippen molar-refractivity contribution in [3.8, 4) is 0 Å². The van der Waals surface area contributed by atoms with Crippen LogP contribution in [0.15, 0.2) is 24.3 Å². The molecule has 1 N–H and O–H groups in total. The third-order valence-corrected chi connectivity index (χ3v) is 3.63. The second kappa shape index (κ2) is 8.08. The molecule has 1 rings (SSSR count). The zero-order valence-electron chi connectivity index (χ0n) is 13.6. The molecule has 0 aliphatic heterocycles. The van der Waals surface area contributed by atoms with Gasteiger partial charge in [0.2, 0.25) is 5.91 Å². The van der Waals surface area contributed by atoms with E-state index < -0.39 is 0 Å². The predicted molar refractivity (Wildman–Crippen MR) is 85.9 cm³/mol. The zero-order valence-corrected chi connectivity index (χ0v) is 13.6. The maximum atomic E-state index is 12.2. The van der Waals surface area contributed by atoms with Gasteiger partial charge in [-0.2, -0.15) is 0 Å². The highest BCUT2D eigenvalue weighted by atomic mass is 16.1. The van der Waals surface area contributed by atoms with Crippen molar-refractivity contribution in [2.24, 2.45) is 5.92 Å². The summed E-state index contributed by atoms with van der Waals surface area (Å²) in [5.41, 5.74) is 2.44. The molecular formula is C18H29NO. The van der Waals surface area contributed by atoms with Crippen LogP contribution in [0.3, 0.4) is 0 Å². The molecule has 0 fully saturated rings. The first kappa shape index (κ1) is 16.7. The Balaban J connectivity index is 2.62. The molecule has 0 aliphatic carbocycles. The van der Waals surface area contributed by atoms with Crippen LogP contribution in [0.4, 0.5) is 0 Å². The molecule has 0 radical (unpaired) electrons. The molecule has 0 saturated carbocycles. The van der Waals surface area contributed by atoms with Crippen molar-refractivity contribution in [2.45, 2.75) is 65.8 Å². The van der Waals surface area contributed by atoms with Crippen molar-refractivity contribution in [2.75, 3.05) is 0 Å². The van der Waals surface area contributed by atoms with E-state index in [-0.39, 0.29) is 17.9 Å². The van der Waals surface area contributed by atoms with E-state index in [1.165, 1.54) is 5.56 Å². The first-order chi connectivity index (χ1) is 9.43. The van der Waals surface area contributed by atoms with Gasteiger partial charge in [-0.25, -0.2) is 0 Å². The fourth-order valence-corrected chi connectivity index (χ4v) is 2.44. The summed E-state index contributed by atoms with van der Waals surface area (Å²) in [7, 11) is 0. The lowest BCUT2D eigenvalue weighted by atomic mass is 9.96. The lowest BCUT2D eigenvalue weighted by Gasteiger charge is -2.17. The van der Waals surface area contributed by atoms with Crippen molar-refractivity contribution < 1.29 is 4.79 Å². The van der Waals surface area contributed by atoms with Gasteiger partial charge >= 0.3 is 0 Å². The molecule has 1 aromatic rings. The summed E-state index contributed by atoms with van der Waals surface area (Å²) in [6, 6.07) is 8.73. The van der Waals surface area contributed by atoms with Crippen LogP contribution in [0.25, 0.3) is 0 Å². The highest BCUT2D eigenvalue weighted by Gasteiger charge is 2.16. The average Bonchev–Trinajstić information content (AvgIpc) is 2.38. The van der Waals surface area contributed by atoms with E-state index in [4.69, 9.17) is 0 Å². The molecule has 0 saturated heterocycles. The van der Waals surface area contributed by atoms with Crippen LogP contribution in [0.1, 0.15) is 64.5 Å². The molecule has 0 bridgehead atoms. The second-order valence-electron chi connectivity index (χ2n) is 6.26. The van der Waals surface area contributed by atoms with E-state index in [0.29, 0.717) is 5.92 Å². The summed E-state index contributed by atoms with van der Waals surface area (Å²) in [5, 5.41) is 3.09. The Kier molecular flexibility index (Phi) is 6.77. The van der Waals surface area contributed by atoms with Crippen LogP contribution in [-0.4, -0.2) is 11.9 Å². The average molecular weight is 275 g/mol. The van der Waals surface area contributed by atoms with Crippen LogP contribution in [0.2, 0.25) is 0 Å². The molecule has 2 nitrogen and oxygen atoms in total. The van der Waals surface area contributed by atoms with Crippen molar-refractivity contribution in [1.82, 2.24) is 5.32 Å². The molecule has 2 atom stereocenters. The van der Waals surface area contributed by atoms with Gasteiger partial charge in [-0.1, -0.05) is 51.5 Å². The topological polar surface area (TPSA) is 29.1 Å². The van der Waals surface area contributed by atoms with E-state index in [2.05, 4.69) is 57.3 Å². The Hall–Kier alpha value is -1.31. The Bertz CT molecular complexity index is 408. The number of hydrogen-bond acceptors (Lipinski definition) is 1. The minimum Gasteiger partial charge on any atom is -0.353 e. The van der Waals surface area contributed by atoms with Crippen LogP contribution < -0.4 is 5.32 Å². The summed E-state index contributed by atoms with van der Waals surface area (Å²) in [6.45, 7) is 10.6. The zero-order chi connectivity index (χ0) is 15.1. The molecule has 1 amide bonds. The Labute approximate surface area is 124 Å². The lowest BCUT2D eigenvalue weighted by Crippen LogP contribution is -2.35. The fraction of sp³-hybridized carbons (Fsp3) is 0.611. The SMILES string of the molecule is CCC[C@H](C)NC(=O)[C@@H](C)c1ccc(CC(C)C)cc1. The van der Waals surface area contributed by atoms with Crippen molar-refractivity contribution in [3.63, 3.8) is 0 Å². The number of carbonyl (C=O) groups excluding carboxylic acids is 1. The van der Waals surface area contributed by atoms with Crippen LogP contribution in [-0.2, 0) is 11.2 Å². The highest BCUT2D eigenvalue weighted by Crippen LogP contribution is 2.18. The number of amides is 1. The van der Waals surface area contributed by atoms with Gasteiger partial charge in [0, 0.05) is 6.04 Å². The maximum Gasteiger partial charge on any atom is 0.227 e. The van der Waals surface area contributed by atoms with Gasteiger partial charge in [-0.05, 0) is 43.7 Å². The Morgan fingerprint density at radius 2 is 1.70 bits per heavy atom. The minimum absolute atomic E-state index is 0.0811. The monoisotopic (exact) mass is 275 g/mol. The van der Waals surface area contributed by atoms with Gasteiger partial charge in [0.15, 0.2) is 0 Å². The van der Waals surface area contributed by atoms with Gasteiger partial charge in [-0.15, -0.1) is 0 Å². The van der Waals surface area contributed by atoms with Gasteiger partial charge in [0.25, 0.3) is 0 Å². The smallest absolute Gasteiger partial charge is 0.227 e. The molecule has 1 aromatic carbocycles. The van der Waals surface area contributed by atoms with Crippen LogP contribution >= 0.6 is 0 Å². The highest BCUT2D eigenvalue weighted by molar-refractivity contribution is 5.83. The van der Waals surface area contributed by atoms with E-state index in [9.17, 15) is 4.79 Å². The molecule has 2 heteroatoms. The van der Waals surface area contributed by atoms with Crippen LogP contribution in [0.5, 0.6) is 0 Å². The van der Waals surface area contributed by atoms with E-state index in [1.807, 2.05) is 6.92 Å². The standard InChI is InChI=1S/C18H29NO/c1-6-7-14(4)19-18(20)15(5)17-10-8-16(9-11-17)12-13(2)3/h8-11,13-15H,6-7,12H2,1-5H3,(H,19,20)/t14-,15-/m0/s1. The summed E-state index contributed by atoms with van der Waals surface area (Å²) in [4.78, 5) is 12.2. The molecule has 20 heavy (non-hydrogen) atoms. The first-order valence-electron chi connectivity index (χ1n) is 7.83. The number of rotatable bonds is 7. The molecule has 0 aromatic heterocycles. The van der Waals surface area contributed by atoms with Gasteiger partial charge in [0.1, 0.15) is 0 Å². The third kappa shape index (κ3) is 5.36. The molecular weight excluding hydrogens is 246 g/mol. The van der Waals surface area contributed by atoms with Crippen molar-refractivity contribution in [3.05, 3.63) is 35.4 Å². The molecule has 0 aliphatic rings. The fourth-order valence-electron chi connectivity index (χ4n) is 2.44. The number of benzene rings is 1. The van der Waals surface area contributed by atoms with Crippen LogP contribution in [0, 0.1) is 5.92 Å². The quantitative estimate of drug-likeness (QED) is 0.790. The number of hydrogen-bond donors (Lipinski definition) is 1. The predicted octanol–water partition coefficient (Wildman–Crippen LogP) is 4.29. The Morgan fingerprint density at radius 1 is 1.10 bits per heavy atom. The lowest BCUT2D eigenvalue weighted by molar-refractivity contribution is -0.122. The van der Waals surface area contributed by atoms with Gasteiger partial charge < -0.3 is 5.32 Å². The van der Waals surface area contributed by atoms with E-state index in [1.54, 1.807) is 0 Å². The summed E-state index contributed by atoms with van der Waals surface area (Å²) in [5.74, 6) is 0.710. The van der Waals surface area contributed by atoms with Gasteiger partial charge in [0.05, 0.1) is 5.92 Å². The van der Waals surface area contributed by atoms with Crippen molar-refractivity contribution in [1.29, 1.82) is 0 Å². The number of nitrogens with one attached hydrogen (secondary N) is 1. The summed E-state index contributed by atoms with van der Waals surface area (Å²) >= 11 is 0. The largest absolute Gasteiger partial charge is 0.353 e.